The number of hydrogen-bond donors (Lipinski definition) is 3. The van der Waals surface area contributed by atoms with Crippen LogP contribution in [0.3, 0.4) is 0 Å². The third-order valence-electron chi connectivity index (χ3n) is 0.577. The summed E-state index contributed by atoms with van der Waals surface area (Å²) in [7, 11) is 0. The first kappa shape index (κ1) is 24.6. The van der Waals surface area contributed by atoms with Gasteiger partial charge in [0, 0.05) is 25.0 Å². The van der Waals surface area contributed by atoms with E-state index in [1.54, 1.807) is 0 Å². The quantitative estimate of drug-likeness (QED) is 0.354. The fourth-order valence-electron chi connectivity index (χ4n) is 0.283. The van der Waals surface area contributed by atoms with Crippen molar-refractivity contribution < 1.29 is 50.4 Å². The Morgan fingerprint density at radius 3 is 1.31 bits per heavy atom. The summed E-state index contributed by atoms with van der Waals surface area (Å²) in [5, 5.41) is 36.9. The fraction of sp³-hybridized carbons (Fsp3) is 0.750. The van der Waals surface area contributed by atoms with Gasteiger partial charge in [-0.2, -0.15) is 0 Å². The maximum absolute atomic E-state index is 8.89. The van der Waals surface area contributed by atoms with Gasteiger partial charge in [0.05, 0.1) is 13.2 Å². The number of aliphatic hydroxyl groups excluding tert-OH is 2. The molecule has 0 aromatic carbocycles. The first-order chi connectivity index (χ1) is 6.88. The van der Waals surface area contributed by atoms with Gasteiger partial charge in [-0.05, 0) is 13.8 Å². The topological polar surface area (TPSA) is 133 Å². The second kappa shape index (κ2) is 24.0. The normalized spacial score (nSPS) is 7.25. The molecule has 100 valence electrons. The molecule has 0 rings (SSSR count). The van der Waals surface area contributed by atoms with E-state index in [2.05, 4.69) is 5.32 Å². The molecular weight excluding hydrogens is 313 g/mol. The van der Waals surface area contributed by atoms with Crippen LogP contribution in [0.2, 0.25) is 0 Å². The van der Waals surface area contributed by atoms with Crippen LogP contribution in [0.4, 0.5) is 0 Å². The van der Waals surface area contributed by atoms with Gasteiger partial charge in [0.25, 0.3) is 0 Å². The standard InChI is InChI=1S/C4H11NO2.2C2H4O2.Pd/c6-3-1-5-2-4-7;2*1-2(3)4;/h5-7H,1-4H2;2*1H3,(H,3,4);/q;;;+2/p-2. The van der Waals surface area contributed by atoms with E-state index in [0.717, 1.165) is 13.8 Å². The summed E-state index contributed by atoms with van der Waals surface area (Å²) in [5.41, 5.74) is 0. The molecule has 0 amide bonds. The smallest absolute Gasteiger partial charge is 0.550 e. The van der Waals surface area contributed by atoms with Crippen molar-refractivity contribution in [3.05, 3.63) is 0 Å². The maximum atomic E-state index is 8.89. The minimum absolute atomic E-state index is 0. The molecular formula is C8H17NO6Pd. The van der Waals surface area contributed by atoms with Crippen LogP contribution in [0, 0.1) is 0 Å². The zero-order valence-electron chi connectivity index (χ0n) is 9.17. The predicted octanol–water partition coefficient (Wildman–Crippen LogP) is -3.93. The summed E-state index contributed by atoms with van der Waals surface area (Å²) in [5.74, 6) is -2.17. The molecule has 0 heterocycles. The number of aliphatic carboxylic acids is 2. The van der Waals surface area contributed by atoms with E-state index in [0.29, 0.717) is 13.1 Å². The Kier molecular flexibility index (Phi) is 36.9. The van der Waals surface area contributed by atoms with Gasteiger partial charge in [-0.3, -0.25) is 0 Å². The van der Waals surface area contributed by atoms with Gasteiger partial charge < -0.3 is 35.3 Å². The monoisotopic (exact) mass is 329 g/mol. The Balaban J connectivity index is -0.0000000700. The molecule has 0 saturated carbocycles. The Morgan fingerprint density at radius 1 is 1.00 bits per heavy atom. The summed E-state index contributed by atoms with van der Waals surface area (Å²) in [4.78, 5) is 17.8. The molecule has 0 unspecified atom stereocenters. The summed E-state index contributed by atoms with van der Waals surface area (Å²) in [6, 6.07) is 0. The van der Waals surface area contributed by atoms with Gasteiger partial charge in [0.2, 0.25) is 0 Å². The van der Waals surface area contributed by atoms with E-state index in [4.69, 9.17) is 30.0 Å². The Morgan fingerprint density at radius 2 is 1.19 bits per heavy atom. The number of hydrogen-bond acceptors (Lipinski definition) is 7. The van der Waals surface area contributed by atoms with Crippen LogP contribution in [0.15, 0.2) is 0 Å². The molecule has 8 heteroatoms. The van der Waals surface area contributed by atoms with E-state index < -0.39 is 11.9 Å². The molecule has 0 radical (unpaired) electrons. The van der Waals surface area contributed by atoms with Crippen LogP contribution in [-0.2, 0) is 30.0 Å². The zero-order valence-corrected chi connectivity index (χ0v) is 10.7. The van der Waals surface area contributed by atoms with E-state index in [-0.39, 0.29) is 33.6 Å². The van der Waals surface area contributed by atoms with E-state index >= 15 is 0 Å². The molecule has 0 bridgehead atoms. The fourth-order valence-corrected chi connectivity index (χ4v) is 0.283. The van der Waals surface area contributed by atoms with Gasteiger partial charge in [-0.15, -0.1) is 0 Å². The molecule has 0 aliphatic heterocycles. The number of carbonyl (C=O) groups excluding carboxylic acids is 2. The average molecular weight is 330 g/mol. The second-order valence-electron chi connectivity index (χ2n) is 2.18. The van der Waals surface area contributed by atoms with E-state index in [1.165, 1.54) is 0 Å². The Labute approximate surface area is 108 Å². The number of aliphatic hydroxyl groups is 2. The predicted molar refractivity (Wildman–Crippen MR) is 48.4 cm³/mol. The zero-order chi connectivity index (χ0) is 12.7. The van der Waals surface area contributed by atoms with Crippen molar-refractivity contribution in [3.63, 3.8) is 0 Å². The van der Waals surface area contributed by atoms with Crippen LogP contribution < -0.4 is 15.5 Å². The van der Waals surface area contributed by atoms with Crippen molar-refractivity contribution in [3.8, 4) is 0 Å². The number of rotatable bonds is 4. The number of nitrogens with one attached hydrogen (secondary N) is 1. The summed E-state index contributed by atoms with van der Waals surface area (Å²) in [6.07, 6.45) is 0. The molecule has 0 saturated heterocycles. The van der Waals surface area contributed by atoms with Gasteiger partial charge >= 0.3 is 20.4 Å². The van der Waals surface area contributed by atoms with Gasteiger partial charge in [-0.25, -0.2) is 0 Å². The number of carboxylic acid groups (broad SMARTS) is 2. The number of carbonyl (C=O) groups is 2. The van der Waals surface area contributed by atoms with Crippen LogP contribution in [-0.4, -0.2) is 48.5 Å². The largest absolute Gasteiger partial charge is 2.00 e. The summed E-state index contributed by atoms with van der Waals surface area (Å²) in [6.45, 7) is 3.36. The minimum Gasteiger partial charge on any atom is -0.550 e. The molecule has 0 aromatic rings. The first-order valence-electron chi connectivity index (χ1n) is 4.16. The molecule has 0 fully saturated rings. The van der Waals surface area contributed by atoms with Crippen LogP contribution in [0.1, 0.15) is 13.8 Å². The molecule has 16 heavy (non-hydrogen) atoms. The van der Waals surface area contributed by atoms with Crippen LogP contribution in [0.5, 0.6) is 0 Å². The van der Waals surface area contributed by atoms with Crippen molar-refractivity contribution >= 4 is 11.9 Å². The van der Waals surface area contributed by atoms with Crippen molar-refractivity contribution in [2.45, 2.75) is 13.8 Å². The van der Waals surface area contributed by atoms with Crippen molar-refractivity contribution in [2.24, 2.45) is 0 Å². The second-order valence-corrected chi connectivity index (χ2v) is 2.18. The van der Waals surface area contributed by atoms with E-state index in [9.17, 15) is 0 Å². The Bertz CT molecular complexity index is 131. The molecule has 0 atom stereocenters. The summed E-state index contributed by atoms with van der Waals surface area (Å²) >= 11 is 0. The van der Waals surface area contributed by atoms with E-state index in [1.807, 2.05) is 0 Å². The molecule has 0 aromatic heterocycles. The number of carboxylic acids is 2. The first-order valence-corrected chi connectivity index (χ1v) is 4.16. The van der Waals surface area contributed by atoms with Crippen LogP contribution in [0.25, 0.3) is 0 Å². The third kappa shape index (κ3) is 173. The van der Waals surface area contributed by atoms with Crippen LogP contribution >= 0.6 is 0 Å². The SMILES string of the molecule is CC(=O)[O-].CC(=O)[O-].OCCNCCO.[Pd+2]. The van der Waals surface area contributed by atoms with Gasteiger partial charge in [0.15, 0.2) is 0 Å². The molecule has 0 spiro atoms. The third-order valence-corrected chi connectivity index (χ3v) is 0.577. The molecule has 0 aliphatic carbocycles. The van der Waals surface area contributed by atoms with Crippen molar-refractivity contribution in [1.82, 2.24) is 5.32 Å². The Hall–Kier alpha value is -0.518. The average Bonchev–Trinajstić information content (AvgIpc) is 2.03. The maximum Gasteiger partial charge on any atom is 2.00 e. The van der Waals surface area contributed by atoms with Crippen molar-refractivity contribution in [1.29, 1.82) is 0 Å². The summed E-state index contributed by atoms with van der Waals surface area (Å²) < 4.78 is 0. The molecule has 7 nitrogen and oxygen atoms in total. The van der Waals surface area contributed by atoms with Gasteiger partial charge in [-0.1, -0.05) is 0 Å². The minimum atomic E-state index is -1.08. The van der Waals surface area contributed by atoms with Crippen molar-refractivity contribution in [2.75, 3.05) is 26.3 Å². The van der Waals surface area contributed by atoms with Gasteiger partial charge in [0.1, 0.15) is 0 Å². The molecule has 0 aliphatic rings. The molecule has 3 N–H and O–H groups in total.